The summed E-state index contributed by atoms with van der Waals surface area (Å²) in [7, 11) is 0. The van der Waals surface area contributed by atoms with Gasteiger partial charge in [0.1, 0.15) is 0 Å². The molecule has 0 aromatic rings. The highest BCUT2D eigenvalue weighted by molar-refractivity contribution is 4.64. The summed E-state index contributed by atoms with van der Waals surface area (Å²) < 4.78 is 5.42. The van der Waals surface area contributed by atoms with E-state index in [-0.39, 0.29) is 12.7 Å². The van der Waals surface area contributed by atoms with Crippen molar-refractivity contribution < 1.29 is 9.84 Å². The zero-order valence-electron chi connectivity index (χ0n) is 6.18. The van der Waals surface area contributed by atoms with Gasteiger partial charge >= 0.3 is 0 Å². The van der Waals surface area contributed by atoms with Gasteiger partial charge in [0, 0.05) is 19.8 Å². The first-order valence-electron chi connectivity index (χ1n) is 3.86. The normalized spacial score (nSPS) is 27.9. The average Bonchev–Trinajstić information content (AvgIpc) is 2.17. The fourth-order valence-corrected chi connectivity index (χ4v) is 1.10. The molecule has 60 valence electrons. The van der Waals surface area contributed by atoms with Crippen molar-refractivity contribution in [2.45, 2.75) is 18.9 Å². The van der Waals surface area contributed by atoms with Crippen molar-refractivity contribution in [3.05, 3.63) is 0 Å². The van der Waals surface area contributed by atoms with Crippen molar-refractivity contribution >= 4 is 0 Å². The van der Waals surface area contributed by atoms with E-state index >= 15 is 0 Å². The highest BCUT2D eigenvalue weighted by Gasteiger charge is 2.10. The predicted octanol–water partition coefficient (Wildman–Crippen LogP) is -0.253. The van der Waals surface area contributed by atoms with Gasteiger partial charge < -0.3 is 15.2 Å². The van der Waals surface area contributed by atoms with Crippen LogP contribution in [0.1, 0.15) is 12.8 Å². The Morgan fingerprint density at radius 1 is 1.60 bits per heavy atom. The Morgan fingerprint density at radius 3 is 3.30 bits per heavy atom. The molecule has 0 radical (unpaired) electrons. The molecule has 3 nitrogen and oxygen atoms in total. The van der Waals surface area contributed by atoms with Crippen LogP contribution in [0.15, 0.2) is 0 Å². The molecule has 2 N–H and O–H groups in total. The van der Waals surface area contributed by atoms with Crippen molar-refractivity contribution in [3.8, 4) is 0 Å². The van der Waals surface area contributed by atoms with Gasteiger partial charge in [-0.05, 0) is 19.4 Å². The molecule has 1 aliphatic rings. The molecule has 0 saturated carbocycles. The SMILES string of the molecule is OCCC1CNCCCO1. The summed E-state index contributed by atoms with van der Waals surface area (Å²) in [6.07, 6.45) is 2.07. The molecule has 1 atom stereocenters. The lowest BCUT2D eigenvalue weighted by atomic mass is 10.2. The maximum atomic E-state index is 8.60. The highest BCUT2D eigenvalue weighted by atomic mass is 16.5. The molecule has 0 aromatic heterocycles. The topological polar surface area (TPSA) is 41.5 Å². The molecule has 10 heavy (non-hydrogen) atoms. The van der Waals surface area contributed by atoms with Crippen LogP contribution < -0.4 is 5.32 Å². The van der Waals surface area contributed by atoms with Crippen LogP contribution in [0.5, 0.6) is 0 Å². The Balaban J connectivity index is 2.15. The Kier molecular flexibility index (Phi) is 3.72. The number of rotatable bonds is 2. The van der Waals surface area contributed by atoms with Gasteiger partial charge in [-0.1, -0.05) is 0 Å². The summed E-state index contributed by atoms with van der Waals surface area (Å²) >= 11 is 0. The third-order valence-corrected chi connectivity index (χ3v) is 1.67. The standard InChI is InChI=1S/C7H15NO2/c9-4-2-7-6-8-3-1-5-10-7/h7-9H,1-6H2. The van der Waals surface area contributed by atoms with Crippen LogP contribution in [-0.2, 0) is 4.74 Å². The minimum Gasteiger partial charge on any atom is -0.396 e. The fourth-order valence-electron chi connectivity index (χ4n) is 1.10. The summed E-state index contributed by atoms with van der Waals surface area (Å²) in [5, 5.41) is 11.8. The summed E-state index contributed by atoms with van der Waals surface area (Å²) in [6, 6.07) is 0. The van der Waals surface area contributed by atoms with Gasteiger partial charge in [0.05, 0.1) is 6.10 Å². The first-order chi connectivity index (χ1) is 4.93. The largest absolute Gasteiger partial charge is 0.396 e. The molecule has 1 rings (SSSR count). The zero-order chi connectivity index (χ0) is 7.23. The molecule has 1 aliphatic heterocycles. The Labute approximate surface area is 61.4 Å². The van der Waals surface area contributed by atoms with Crippen LogP contribution in [0, 0.1) is 0 Å². The van der Waals surface area contributed by atoms with Gasteiger partial charge in [-0.3, -0.25) is 0 Å². The fraction of sp³-hybridized carbons (Fsp3) is 1.00. The first-order valence-corrected chi connectivity index (χ1v) is 3.86. The second-order valence-electron chi connectivity index (χ2n) is 2.56. The van der Waals surface area contributed by atoms with Crippen LogP contribution in [0.3, 0.4) is 0 Å². The average molecular weight is 145 g/mol. The number of aliphatic hydroxyl groups excluding tert-OH is 1. The van der Waals surface area contributed by atoms with Crippen LogP contribution in [-0.4, -0.2) is 37.5 Å². The highest BCUT2D eigenvalue weighted by Crippen LogP contribution is 2.00. The molecular formula is C7H15NO2. The lowest BCUT2D eigenvalue weighted by Crippen LogP contribution is -2.26. The molecule has 0 bridgehead atoms. The maximum absolute atomic E-state index is 8.60. The molecule has 3 heteroatoms. The molecular weight excluding hydrogens is 130 g/mol. The van der Waals surface area contributed by atoms with E-state index in [2.05, 4.69) is 5.32 Å². The summed E-state index contributed by atoms with van der Waals surface area (Å²) in [4.78, 5) is 0. The molecule has 1 unspecified atom stereocenters. The van der Waals surface area contributed by atoms with Gasteiger partial charge in [0.15, 0.2) is 0 Å². The maximum Gasteiger partial charge on any atom is 0.0721 e. The second-order valence-corrected chi connectivity index (χ2v) is 2.56. The van der Waals surface area contributed by atoms with Crippen LogP contribution in [0.25, 0.3) is 0 Å². The number of nitrogens with one attached hydrogen (secondary N) is 1. The Bertz CT molecular complexity index is 79.7. The van der Waals surface area contributed by atoms with Gasteiger partial charge in [0.25, 0.3) is 0 Å². The Hall–Kier alpha value is -0.120. The van der Waals surface area contributed by atoms with Gasteiger partial charge in [-0.25, -0.2) is 0 Å². The molecule has 0 aliphatic carbocycles. The van der Waals surface area contributed by atoms with Crippen LogP contribution >= 0.6 is 0 Å². The summed E-state index contributed by atoms with van der Waals surface area (Å²) in [5.41, 5.74) is 0. The van der Waals surface area contributed by atoms with E-state index in [0.29, 0.717) is 0 Å². The smallest absolute Gasteiger partial charge is 0.0721 e. The van der Waals surface area contributed by atoms with E-state index < -0.39 is 0 Å². The number of hydrogen-bond donors (Lipinski definition) is 2. The van der Waals surface area contributed by atoms with Gasteiger partial charge in [0.2, 0.25) is 0 Å². The lowest BCUT2D eigenvalue weighted by molar-refractivity contribution is 0.0485. The van der Waals surface area contributed by atoms with Crippen LogP contribution in [0.2, 0.25) is 0 Å². The van der Waals surface area contributed by atoms with E-state index in [4.69, 9.17) is 9.84 Å². The molecule has 0 spiro atoms. The minimum atomic E-state index is 0.229. The quantitative estimate of drug-likeness (QED) is 0.563. The van der Waals surface area contributed by atoms with Crippen molar-refractivity contribution in [2.75, 3.05) is 26.3 Å². The predicted molar refractivity (Wildman–Crippen MR) is 38.9 cm³/mol. The number of hydrogen-bond acceptors (Lipinski definition) is 3. The van der Waals surface area contributed by atoms with E-state index in [0.717, 1.165) is 32.5 Å². The van der Waals surface area contributed by atoms with Gasteiger partial charge in [-0.2, -0.15) is 0 Å². The third-order valence-electron chi connectivity index (χ3n) is 1.67. The third kappa shape index (κ3) is 2.64. The second kappa shape index (κ2) is 4.66. The van der Waals surface area contributed by atoms with Gasteiger partial charge in [-0.15, -0.1) is 0 Å². The zero-order valence-corrected chi connectivity index (χ0v) is 6.18. The van der Waals surface area contributed by atoms with E-state index in [1.54, 1.807) is 0 Å². The van der Waals surface area contributed by atoms with Crippen molar-refractivity contribution in [2.24, 2.45) is 0 Å². The van der Waals surface area contributed by atoms with Crippen molar-refractivity contribution in [1.82, 2.24) is 5.32 Å². The molecule has 1 fully saturated rings. The van der Waals surface area contributed by atoms with Crippen LogP contribution in [0.4, 0.5) is 0 Å². The van der Waals surface area contributed by atoms with E-state index in [9.17, 15) is 0 Å². The van der Waals surface area contributed by atoms with Crippen molar-refractivity contribution in [1.29, 1.82) is 0 Å². The molecule has 1 heterocycles. The number of aliphatic hydroxyl groups is 1. The number of ether oxygens (including phenoxy) is 1. The monoisotopic (exact) mass is 145 g/mol. The van der Waals surface area contributed by atoms with Crippen molar-refractivity contribution in [3.63, 3.8) is 0 Å². The Morgan fingerprint density at radius 2 is 2.50 bits per heavy atom. The van der Waals surface area contributed by atoms with E-state index in [1.807, 2.05) is 0 Å². The lowest BCUT2D eigenvalue weighted by Gasteiger charge is -2.12. The summed E-state index contributed by atoms with van der Waals surface area (Å²) in [5.74, 6) is 0. The molecule has 0 aromatic carbocycles. The molecule has 1 saturated heterocycles. The summed E-state index contributed by atoms with van der Waals surface area (Å²) in [6.45, 7) is 2.99. The molecule has 0 amide bonds. The minimum absolute atomic E-state index is 0.229. The first kappa shape index (κ1) is 7.98. The van der Waals surface area contributed by atoms with E-state index in [1.165, 1.54) is 0 Å².